The van der Waals surface area contributed by atoms with Crippen LogP contribution in [0.15, 0.2) is 34.9 Å². The van der Waals surface area contributed by atoms with Gasteiger partial charge in [-0.1, -0.05) is 5.16 Å². The Kier molecular flexibility index (Phi) is 5.84. The van der Waals surface area contributed by atoms with Crippen LogP contribution in [0.25, 0.3) is 0 Å². The van der Waals surface area contributed by atoms with Crippen molar-refractivity contribution >= 4 is 51.9 Å². The minimum absolute atomic E-state index is 0.0380. The summed E-state index contributed by atoms with van der Waals surface area (Å²) in [7, 11) is 3.07. The van der Waals surface area contributed by atoms with Gasteiger partial charge in [-0.25, -0.2) is 0 Å². The summed E-state index contributed by atoms with van der Waals surface area (Å²) in [5, 5.41) is 17.6. The normalized spacial score (nSPS) is 20.6. The van der Waals surface area contributed by atoms with Gasteiger partial charge in [-0.3, -0.25) is 14.5 Å². The number of nitrogens with two attached hydrogens (primary N) is 1. The van der Waals surface area contributed by atoms with E-state index in [9.17, 15) is 19.5 Å². The van der Waals surface area contributed by atoms with E-state index in [0.717, 1.165) is 16.4 Å². The van der Waals surface area contributed by atoms with Gasteiger partial charge >= 0.3 is 0 Å². The number of aryl methyl sites for hydroxylation is 1. The number of nitrogens with zero attached hydrogens (tertiary/aromatic N) is 6. The molecular formula is C17H18N8O5S2. The molecule has 32 heavy (non-hydrogen) atoms. The van der Waals surface area contributed by atoms with Gasteiger partial charge in [-0.05, 0) is 5.57 Å². The van der Waals surface area contributed by atoms with Crippen molar-refractivity contribution in [2.24, 2.45) is 12.2 Å². The Bertz CT molecular complexity index is 1160. The fourth-order valence-electron chi connectivity index (χ4n) is 3.42. The maximum Gasteiger partial charge on any atom is 0.278 e. The number of nitrogen functional groups attached to an aromatic ring is 1. The van der Waals surface area contributed by atoms with Crippen molar-refractivity contribution in [3.63, 3.8) is 0 Å². The first kappa shape index (κ1) is 21.8. The minimum atomic E-state index is -1.44. The molecule has 0 saturated carbocycles. The fraction of sp³-hybridized carbons (Fsp3) is 0.353. The third kappa shape index (κ3) is 3.80. The molecule has 1 fully saturated rings. The van der Waals surface area contributed by atoms with Crippen molar-refractivity contribution in [1.29, 1.82) is 0 Å². The molecule has 0 spiro atoms. The smallest absolute Gasteiger partial charge is 0.278 e. The quantitative estimate of drug-likeness (QED) is 0.184. The van der Waals surface area contributed by atoms with Crippen LogP contribution in [0.5, 0.6) is 0 Å². The zero-order valence-corrected chi connectivity index (χ0v) is 18.6. The standard InChI is InChI=1S/C17H18N8O5S2/c1-23-4-3-5-24(23)6-8-7-31-15-10(14(27)25(15)11(8)16(28)29)19-13(26)9(21-30-2)12-20-17(18)32-22-12/h3-5,10,15H,6-7H2,1-2H3,(H3-,18,19,20,22,26,28,29)/b21-9-/t10-,15-/m1/s1. The second-order valence-electron chi connectivity index (χ2n) is 6.84. The number of hydrogen-bond donors (Lipinski definition) is 2. The molecule has 4 heterocycles. The van der Waals surface area contributed by atoms with Gasteiger partial charge in [0.1, 0.15) is 25.1 Å². The van der Waals surface area contributed by atoms with Crippen LogP contribution in [0.4, 0.5) is 5.13 Å². The summed E-state index contributed by atoms with van der Waals surface area (Å²) in [4.78, 5) is 47.2. The lowest BCUT2D eigenvalue weighted by Gasteiger charge is -2.50. The molecule has 2 atom stereocenters. The van der Waals surface area contributed by atoms with Crippen LogP contribution in [0.3, 0.4) is 0 Å². The zero-order valence-electron chi connectivity index (χ0n) is 16.9. The summed E-state index contributed by atoms with van der Waals surface area (Å²) < 4.78 is 7.54. The highest BCUT2D eigenvalue weighted by atomic mass is 32.2. The number of hydrogen-bond acceptors (Lipinski definition) is 11. The number of carboxylic acid groups (broad SMARTS) is 1. The van der Waals surface area contributed by atoms with Crippen LogP contribution in [0.2, 0.25) is 0 Å². The Morgan fingerprint density at radius 3 is 2.88 bits per heavy atom. The number of nitrogens with one attached hydrogen (secondary N) is 1. The molecule has 4 rings (SSSR count). The van der Waals surface area contributed by atoms with Crippen molar-refractivity contribution < 1.29 is 29.0 Å². The number of β-lactam (4-membered cyclic amide) rings is 1. The monoisotopic (exact) mass is 478 g/mol. The van der Waals surface area contributed by atoms with Crippen LogP contribution in [0, 0.1) is 0 Å². The zero-order chi connectivity index (χ0) is 23.0. The third-order valence-corrected chi connectivity index (χ3v) is 6.78. The summed E-state index contributed by atoms with van der Waals surface area (Å²) >= 11 is 2.23. The number of rotatable bonds is 7. The third-order valence-electron chi connectivity index (χ3n) is 4.90. The molecule has 0 aromatic carbocycles. The molecule has 2 aromatic heterocycles. The van der Waals surface area contributed by atoms with E-state index in [1.165, 1.54) is 18.9 Å². The molecular weight excluding hydrogens is 460 g/mol. The maximum atomic E-state index is 12.8. The van der Waals surface area contributed by atoms with Gasteiger partial charge in [0.2, 0.25) is 11.5 Å². The molecule has 0 radical (unpaired) electrons. The van der Waals surface area contributed by atoms with Crippen LogP contribution in [-0.2, 0) is 32.8 Å². The Morgan fingerprint density at radius 2 is 2.28 bits per heavy atom. The first-order valence-corrected chi connectivity index (χ1v) is 11.0. The number of aromatic nitrogens is 4. The summed E-state index contributed by atoms with van der Waals surface area (Å²) in [6.45, 7) is 0.287. The van der Waals surface area contributed by atoms with E-state index < -0.39 is 29.2 Å². The van der Waals surface area contributed by atoms with Crippen molar-refractivity contribution in [2.45, 2.75) is 18.0 Å². The van der Waals surface area contributed by atoms with Crippen molar-refractivity contribution in [1.82, 2.24) is 24.3 Å². The van der Waals surface area contributed by atoms with Crippen LogP contribution < -0.4 is 20.8 Å². The molecule has 3 N–H and O–H groups in total. The lowest BCUT2D eigenvalue weighted by Crippen LogP contribution is -2.71. The lowest BCUT2D eigenvalue weighted by molar-refractivity contribution is -0.752. The largest absolute Gasteiger partial charge is 0.543 e. The van der Waals surface area contributed by atoms with Gasteiger partial charge in [0.25, 0.3) is 11.8 Å². The Morgan fingerprint density at radius 1 is 1.50 bits per heavy atom. The summed E-state index contributed by atoms with van der Waals surface area (Å²) in [6, 6.07) is 0.867. The highest BCUT2D eigenvalue weighted by Crippen LogP contribution is 2.40. The molecule has 168 valence electrons. The minimum Gasteiger partial charge on any atom is -0.543 e. The number of fused-ring (bicyclic) bond motifs is 1. The summed E-state index contributed by atoms with van der Waals surface area (Å²) in [6.07, 6.45) is 3.62. The number of oxime groups is 1. The number of carbonyl (C=O) groups is 3. The molecule has 0 bridgehead atoms. The fourth-order valence-corrected chi connectivity index (χ4v) is 5.19. The van der Waals surface area contributed by atoms with Gasteiger partial charge in [0.05, 0.1) is 17.9 Å². The Hall–Kier alpha value is -3.46. The van der Waals surface area contributed by atoms with Crippen LogP contribution in [0.1, 0.15) is 5.82 Å². The average Bonchev–Trinajstić information content (AvgIpc) is 3.37. The van der Waals surface area contributed by atoms with E-state index in [-0.39, 0.29) is 28.9 Å². The first-order chi connectivity index (χ1) is 15.3. The number of anilines is 1. The predicted molar refractivity (Wildman–Crippen MR) is 111 cm³/mol. The topological polar surface area (TPSA) is 172 Å². The number of carbonyl (C=O) groups excluding carboxylic acids is 3. The Labute approximate surface area is 189 Å². The van der Waals surface area contributed by atoms with Crippen LogP contribution in [-0.4, -0.2) is 66.7 Å². The molecule has 2 amide bonds. The molecule has 15 heteroatoms. The number of carboxylic acids is 1. The van der Waals surface area contributed by atoms with Gasteiger partial charge < -0.3 is 25.8 Å². The van der Waals surface area contributed by atoms with Gasteiger partial charge in [-0.15, -0.1) is 16.4 Å². The molecule has 2 aliphatic rings. The molecule has 1 saturated heterocycles. The predicted octanol–water partition coefficient (Wildman–Crippen LogP) is -2.80. The molecule has 13 nitrogen and oxygen atoms in total. The lowest BCUT2D eigenvalue weighted by atomic mass is 10.0. The van der Waals surface area contributed by atoms with Crippen molar-refractivity contribution in [2.75, 3.05) is 18.6 Å². The number of amides is 2. The Balaban J connectivity index is 1.54. The maximum absolute atomic E-state index is 12.8. The van der Waals surface area contributed by atoms with Crippen LogP contribution >= 0.6 is 23.3 Å². The average molecular weight is 479 g/mol. The first-order valence-electron chi connectivity index (χ1n) is 9.22. The van der Waals surface area contributed by atoms with E-state index in [4.69, 9.17) is 10.6 Å². The van der Waals surface area contributed by atoms with Gasteiger partial charge in [-0.2, -0.15) is 14.0 Å². The molecule has 2 aliphatic heterocycles. The van der Waals surface area contributed by atoms with Gasteiger partial charge in [0.15, 0.2) is 18.4 Å². The second kappa shape index (κ2) is 8.58. The number of aliphatic carboxylic acids is 1. The van der Waals surface area contributed by atoms with Crippen molar-refractivity contribution in [3.8, 4) is 0 Å². The van der Waals surface area contributed by atoms with Crippen molar-refractivity contribution in [3.05, 3.63) is 35.6 Å². The highest BCUT2D eigenvalue weighted by Gasteiger charge is 2.53. The number of thioether (sulfide) groups is 1. The van der Waals surface area contributed by atoms with Gasteiger partial charge in [0, 0.05) is 23.4 Å². The van der Waals surface area contributed by atoms with E-state index in [1.807, 2.05) is 24.0 Å². The second-order valence-corrected chi connectivity index (χ2v) is 8.73. The van der Waals surface area contributed by atoms with E-state index in [0.29, 0.717) is 11.3 Å². The van der Waals surface area contributed by atoms with E-state index in [1.54, 1.807) is 10.9 Å². The molecule has 2 aromatic rings. The molecule has 0 unspecified atom stereocenters. The highest BCUT2D eigenvalue weighted by molar-refractivity contribution is 8.00. The summed E-state index contributed by atoms with van der Waals surface area (Å²) in [5.41, 5.74) is 5.68. The van der Waals surface area contributed by atoms with E-state index in [2.05, 4.69) is 19.8 Å². The van der Waals surface area contributed by atoms with E-state index >= 15 is 0 Å². The summed E-state index contributed by atoms with van der Waals surface area (Å²) in [5.74, 6) is -2.43. The molecule has 0 aliphatic carbocycles. The SMILES string of the molecule is CO/N=C(\C(=O)N[C@@H]1C(=O)N2C(C(=O)[O-])=C(Cn3ccc[n+]3C)CS[C@H]12)c1nsc(N)n1.